The van der Waals surface area contributed by atoms with Gasteiger partial charge in [0, 0.05) is 19.5 Å². The molecular formula is C18H25NO4. The molecule has 0 heterocycles. The summed E-state index contributed by atoms with van der Waals surface area (Å²) in [5.74, 6) is -0.945. The van der Waals surface area contributed by atoms with Gasteiger partial charge in [-0.3, -0.25) is 9.59 Å². The van der Waals surface area contributed by atoms with Gasteiger partial charge in [0.05, 0.1) is 19.1 Å². The van der Waals surface area contributed by atoms with E-state index in [0.717, 1.165) is 5.56 Å². The van der Waals surface area contributed by atoms with Crippen molar-refractivity contribution in [1.82, 2.24) is 4.90 Å². The molecule has 0 spiro atoms. The minimum atomic E-state index is -0.737. The van der Waals surface area contributed by atoms with Gasteiger partial charge in [-0.2, -0.15) is 0 Å². The van der Waals surface area contributed by atoms with Crippen molar-refractivity contribution in [2.75, 3.05) is 20.2 Å². The summed E-state index contributed by atoms with van der Waals surface area (Å²) >= 11 is 0. The van der Waals surface area contributed by atoms with Gasteiger partial charge in [-0.05, 0) is 31.2 Å². The monoisotopic (exact) mass is 319 g/mol. The van der Waals surface area contributed by atoms with E-state index in [4.69, 9.17) is 9.84 Å². The largest absolute Gasteiger partial charge is 0.481 e. The Hall–Kier alpha value is -1.88. The van der Waals surface area contributed by atoms with Crippen LogP contribution in [0.4, 0.5) is 0 Å². The third kappa shape index (κ3) is 5.36. The summed E-state index contributed by atoms with van der Waals surface area (Å²) in [6, 6.07) is 9.93. The lowest BCUT2D eigenvalue weighted by molar-refractivity contribution is -0.145. The number of carboxylic acids is 1. The topological polar surface area (TPSA) is 66.8 Å². The predicted octanol–water partition coefficient (Wildman–Crippen LogP) is 2.55. The highest BCUT2D eigenvalue weighted by Gasteiger charge is 2.30. The molecule has 1 aliphatic carbocycles. The van der Waals surface area contributed by atoms with Crippen LogP contribution in [0.2, 0.25) is 0 Å². The Balaban J connectivity index is 1.66. The second-order valence-corrected chi connectivity index (χ2v) is 6.18. The van der Waals surface area contributed by atoms with Crippen molar-refractivity contribution in [2.45, 2.75) is 32.3 Å². The molecule has 5 heteroatoms. The van der Waals surface area contributed by atoms with E-state index in [1.54, 1.807) is 11.9 Å². The van der Waals surface area contributed by atoms with Gasteiger partial charge in [0.1, 0.15) is 0 Å². The van der Waals surface area contributed by atoms with Crippen LogP contribution in [0.3, 0.4) is 0 Å². The highest BCUT2D eigenvalue weighted by atomic mass is 16.5. The van der Waals surface area contributed by atoms with E-state index in [2.05, 4.69) is 0 Å². The molecule has 0 unspecified atom stereocenters. The summed E-state index contributed by atoms with van der Waals surface area (Å²) in [5, 5.41) is 9.00. The standard InChI is InChI=1S/C18H25NO4/c1-19(11-12-23-13-14-5-3-2-4-6-14)17(20)15-7-9-16(10-8-15)18(21)22/h2-6,15-16H,7-13H2,1H3,(H,21,22). The SMILES string of the molecule is CN(CCOCc1ccccc1)C(=O)C1CCC(C(=O)O)CC1. The number of amides is 1. The molecule has 23 heavy (non-hydrogen) atoms. The lowest BCUT2D eigenvalue weighted by atomic mass is 9.81. The van der Waals surface area contributed by atoms with Crippen molar-refractivity contribution in [3.63, 3.8) is 0 Å². The van der Waals surface area contributed by atoms with Gasteiger partial charge in [0.25, 0.3) is 0 Å². The van der Waals surface area contributed by atoms with Crippen LogP contribution < -0.4 is 0 Å². The summed E-state index contributed by atoms with van der Waals surface area (Å²) in [6.07, 6.45) is 2.55. The normalized spacial score (nSPS) is 20.9. The average molecular weight is 319 g/mol. The molecule has 126 valence electrons. The molecule has 2 rings (SSSR count). The van der Waals surface area contributed by atoms with Gasteiger partial charge in [0.15, 0.2) is 0 Å². The predicted molar refractivity (Wildman–Crippen MR) is 86.8 cm³/mol. The van der Waals surface area contributed by atoms with Crippen LogP contribution in [-0.4, -0.2) is 42.1 Å². The second-order valence-electron chi connectivity index (χ2n) is 6.18. The number of carbonyl (C=O) groups is 2. The van der Waals surface area contributed by atoms with Crippen molar-refractivity contribution < 1.29 is 19.4 Å². The lowest BCUT2D eigenvalue weighted by Crippen LogP contribution is -2.37. The van der Waals surface area contributed by atoms with Gasteiger partial charge in [-0.25, -0.2) is 0 Å². The van der Waals surface area contributed by atoms with Gasteiger partial charge in [-0.1, -0.05) is 30.3 Å². The van der Waals surface area contributed by atoms with Crippen LogP contribution in [0.1, 0.15) is 31.2 Å². The molecule has 0 aromatic heterocycles. The number of likely N-dealkylation sites (N-methyl/N-ethyl adjacent to an activating group) is 1. The first-order valence-corrected chi connectivity index (χ1v) is 8.17. The second kappa shape index (κ2) is 8.67. The summed E-state index contributed by atoms with van der Waals surface area (Å²) in [5.41, 5.74) is 1.12. The highest BCUT2D eigenvalue weighted by Crippen LogP contribution is 2.29. The third-order valence-corrected chi connectivity index (χ3v) is 4.48. The molecule has 1 aromatic rings. The number of rotatable bonds is 7. The maximum absolute atomic E-state index is 12.4. The zero-order chi connectivity index (χ0) is 16.7. The van der Waals surface area contributed by atoms with Crippen molar-refractivity contribution in [3.05, 3.63) is 35.9 Å². The van der Waals surface area contributed by atoms with Crippen molar-refractivity contribution >= 4 is 11.9 Å². The number of hydrogen-bond donors (Lipinski definition) is 1. The van der Waals surface area contributed by atoms with Crippen LogP contribution >= 0.6 is 0 Å². The van der Waals surface area contributed by atoms with E-state index >= 15 is 0 Å². The molecular weight excluding hydrogens is 294 g/mol. The highest BCUT2D eigenvalue weighted by molar-refractivity contribution is 5.79. The van der Waals surface area contributed by atoms with Crippen LogP contribution in [0, 0.1) is 11.8 Å². The average Bonchev–Trinajstić information content (AvgIpc) is 2.59. The molecule has 1 N–H and O–H groups in total. The number of aliphatic carboxylic acids is 1. The Morgan fingerprint density at radius 3 is 2.35 bits per heavy atom. The maximum Gasteiger partial charge on any atom is 0.306 e. The summed E-state index contributed by atoms with van der Waals surface area (Å²) < 4.78 is 5.60. The Morgan fingerprint density at radius 2 is 1.74 bits per heavy atom. The molecule has 1 amide bonds. The Labute approximate surface area is 137 Å². The number of benzene rings is 1. The lowest BCUT2D eigenvalue weighted by Gasteiger charge is -2.28. The van der Waals surface area contributed by atoms with E-state index in [1.165, 1.54) is 0 Å². The fourth-order valence-corrected chi connectivity index (χ4v) is 2.97. The molecule has 0 aliphatic heterocycles. The van der Waals surface area contributed by atoms with E-state index in [0.29, 0.717) is 45.4 Å². The van der Waals surface area contributed by atoms with Crippen LogP contribution in [0.15, 0.2) is 30.3 Å². The van der Waals surface area contributed by atoms with Gasteiger partial charge < -0.3 is 14.7 Å². The summed E-state index contributed by atoms with van der Waals surface area (Å²) in [7, 11) is 1.79. The minimum absolute atomic E-state index is 0.0373. The number of carbonyl (C=O) groups excluding carboxylic acids is 1. The summed E-state index contributed by atoms with van der Waals surface area (Å²) in [4.78, 5) is 25.0. The quantitative estimate of drug-likeness (QED) is 0.784. The Morgan fingerprint density at radius 1 is 1.13 bits per heavy atom. The third-order valence-electron chi connectivity index (χ3n) is 4.48. The van der Waals surface area contributed by atoms with Gasteiger partial charge >= 0.3 is 5.97 Å². The van der Waals surface area contributed by atoms with Gasteiger partial charge in [0.2, 0.25) is 5.91 Å². The molecule has 5 nitrogen and oxygen atoms in total. The molecule has 1 fully saturated rings. The molecule has 1 aliphatic rings. The first kappa shape index (κ1) is 17.5. The molecule has 0 radical (unpaired) electrons. The van der Waals surface area contributed by atoms with Crippen LogP contribution in [0.25, 0.3) is 0 Å². The van der Waals surface area contributed by atoms with Crippen molar-refractivity contribution in [2.24, 2.45) is 11.8 Å². The molecule has 0 bridgehead atoms. The molecule has 0 atom stereocenters. The molecule has 1 saturated carbocycles. The maximum atomic E-state index is 12.4. The van der Waals surface area contributed by atoms with E-state index in [-0.39, 0.29) is 17.7 Å². The number of nitrogens with zero attached hydrogens (tertiary/aromatic N) is 1. The van der Waals surface area contributed by atoms with Gasteiger partial charge in [-0.15, -0.1) is 0 Å². The van der Waals surface area contributed by atoms with E-state index < -0.39 is 5.97 Å². The summed E-state index contributed by atoms with van der Waals surface area (Å²) in [6.45, 7) is 1.61. The smallest absolute Gasteiger partial charge is 0.306 e. The number of hydrogen-bond acceptors (Lipinski definition) is 3. The van der Waals surface area contributed by atoms with E-state index in [9.17, 15) is 9.59 Å². The van der Waals surface area contributed by atoms with E-state index in [1.807, 2.05) is 30.3 Å². The Bertz CT molecular complexity index is 509. The van der Waals surface area contributed by atoms with Crippen molar-refractivity contribution in [3.8, 4) is 0 Å². The first-order chi connectivity index (χ1) is 11.1. The molecule has 0 saturated heterocycles. The van der Waals surface area contributed by atoms with Crippen molar-refractivity contribution in [1.29, 1.82) is 0 Å². The fraction of sp³-hybridized carbons (Fsp3) is 0.556. The first-order valence-electron chi connectivity index (χ1n) is 8.17. The number of ether oxygens (including phenoxy) is 1. The van der Waals surface area contributed by atoms with Crippen LogP contribution in [0.5, 0.6) is 0 Å². The number of carboxylic acid groups (broad SMARTS) is 1. The zero-order valence-corrected chi connectivity index (χ0v) is 13.6. The van der Waals surface area contributed by atoms with Crippen LogP contribution in [-0.2, 0) is 20.9 Å². The zero-order valence-electron chi connectivity index (χ0n) is 13.6. The molecule has 1 aromatic carbocycles. The Kier molecular flexibility index (Phi) is 6.59. The minimum Gasteiger partial charge on any atom is -0.481 e. The fourth-order valence-electron chi connectivity index (χ4n) is 2.97.